The number of benzene rings is 2. The number of carboxylic acid groups (broad SMARTS) is 1. The molecule has 0 aromatic heterocycles. The first-order chi connectivity index (χ1) is 10.7. The monoisotopic (exact) mass is 299 g/mol. The number of rotatable bonds is 7. The zero-order valence-corrected chi connectivity index (χ0v) is 12.0. The third-order valence-corrected chi connectivity index (χ3v) is 3.11. The van der Waals surface area contributed by atoms with E-state index in [1.807, 2.05) is 30.3 Å². The number of nitrogens with one attached hydrogen (secondary N) is 1. The summed E-state index contributed by atoms with van der Waals surface area (Å²) in [5.74, 6) is -1.42. The molecular weight excluding hydrogens is 282 g/mol. The molecule has 2 rings (SSSR count). The molecule has 0 saturated carbocycles. The van der Waals surface area contributed by atoms with Crippen molar-refractivity contribution in [1.82, 2.24) is 5.48 Å². The topological polar surface area (TPSA) is 75.6 Å². The van der Waals surface area contributed by atoms with Gasteiger partial charge in [-0.15, -0.1) is 0 Å². The van der Waals surface area contributed by atoms with Gasteiger partial charge < -0.3 is 5.11 Å². The van der Waals surface area contributed by atoms with E-state index >= 15 is 0 Å². The van der Waals surface area contributed by atoms with Gasteiger partial charge in [0.15, 0.2) is 0 Å². The molecule has 0 aliphatic carbocycles. The Hall–Kier alpha value is -2.66. The van der Waals surface area contributed by atoms with Crippen LogP contribution >= 0.6 is 0 Å². The minimum Gasteiger partial charge on any atom is -0.478 e. The number of hydrogen-bond acceptors (Lipinski definition) is 3. The molecule has 0 aliphatic heterocycles. The summed E-state index contributed by atoms with van der Waals surface area (Å²) in [6.45, 7) is 0.411. The van der Waals surface area contributed by atoms with Crippen LogP contribution in [0.2, 0.25) is 0 Å². The SMILES string of the molecule is O=C(O)c1ccc(C(=O)NOCCCc2ccccc2)cc1. The summed E-state index contributed by atoms with van der Waals surface area (Å²) in [4.78, 5) is 27.6. The molecule has 5 nitrogen and oxygen atoms in total. The van der Waals surface area contributed by atoms with Gasteiger partial charge in [0.25, 0.3) is 5.91 Å². The Morgan fingerprint density at radius 2 is 1.59 bits per heavy atom. The predicted octanol–water partition coefficient (Wildman–Crippen LogP) is 2.68. The number of carbonyl (C=O) groups excluding carboxylic acids is 1. The lowest BCUT2D eigenvalue weighted by Gasteiger charge is -2.06. The van der Waals surface area contributed by atoms with Crippen LogP contribution in [-0.4, -0.2) is 23.6 Å². The molecule has 0 aliphatic rings. The van der Waals surface area contributed by atoms with E-state index in [1.54, 1.807) is 0 Å². The van der Waals surface area contributed by atoms with Crippen molar-refractivity contribution in [2.75, 3.05) is 6.61 Å². The minimum absolute atomic E-state index is 0.139. The third kappa shape index (κ3) is 4.71. The first-order valence-electron chi connectivity index (χ1n) is 6.96. The Morgan fingerprint density at radius 1 is 0.955 bits per heavy atom. The van der Waals surface area contributed by atoms with Gasteiger partial charge in [0, 0.05) is 5.56 Å². The molecular formula is C17H17NO4. The van der Waals surface area contributed by atoms with E-state index in [0.29, 0.717) is 12.2 Å². The van der Waals surface area contributed by atoms with Crippen LogP contribution in [0.15, 0.2) is 54.6 Å². The van der Waals surface area contributed by atoms with Gasteiger partial charge in [-0.25, -0.2) is 10.3 Å². The molecule has 0 unspecified atom stereocenters. The summed E-state index contributed by atoms with van der Waals surface area (Å²) >= 11 is 0. The maximum atomic E-state index is 11.8. The van der Waals surface area contributed by atoms with Gasteiger partial charge in [-0.1, -0.05) is 30.3 Å². The molecule has 0 bridgehead atoms. The molecule has 1 amide bonds. The average Bonchev–Trinajstić information content (AvgIpc) is 2.55. The highest BCUT2D eigenvalue weighted by atomic mass is 16.6. The second-order valence-corrected chi connectivity index (χ2v) is 4.75. The van der Waals surface area contributed by atoms with Gasteiger partial charge >= 0.3 is 5.97 Å². The van der Waals surface area contributed by atoms with Gasteiger partial charge in [0.1, 0.15) is 0 Å². The molecule has 2 aromatic carbocycles. The molecule has 0 saturated heterocycles. The average molecular weight is 299 g/mol. The molecule has 0 fully saturated rings. The quantitative estimate of drug-likeness (QED) is 0.609. The van der Waals surface area contributed by atoms with Crippen molar-refractivity contribution in [2.24, 2.45) is 0 Å². The fourth-order valence-corrected chi connectivity index (χ4v) is 1.93. The van der Waals surface area contributed by atoms with Crippen LogP contribution in [0.4, 0.5) is 0 Å². The highest BCUT2D eigenvalue weighted by molar-refractivity contribution is 5.95. The Morgan fingerprint density at radius 3 is 2.23 bits per heavy atom. The highest BCUT2D eigenvalue weighted by Crippen LogP contribution is 2.05. The van der Waals surface area contributed by atoms with Crippen molar-refractivity contribution < 1.29 is 19.5 Å². The van der Waals surface area contributed by atoms with Crippen molar-refractivity contribution in [3.63, 3.8) is 0 Å². The fourth-order valence-electron chi connectivity index (χ4n) is 1.93. The molecule has 0 atom stereocenters. The van der Waals surface area contributed by atoms with Crippen molar-refractivity contribution >= 4 is 11.9 Å². The lowest BCUT2D eigenvalue weighted by Crippen LogP contribution is -2.24. The van der Waals surface area contributed by atoms with E-state index in [1.165, 1.54) is 29.8 Å². The summed E-state index contributed by atoms with van der Waals surface area (Å²) < 4.78 is 0. The van der Waals surface area contributed by atoms with Crippen LogP contribution in [0, 0.1) is 0 Å². The Kier molecular flexibility index (Phi) is 5.68. The van der Waals surface area contributed by atoms with E-state index in [4.69, 9.17) is 9.94 Å². The number of carbonyl (C=O) groups is 2. The van der Waals surface area contributed by atoms with Crippen LogP contribution in [0.3, 0.4) is 0 Å². The molecule has 0 spiro atoms. The standard InChI is InChI=1S/C17H17NO4/c19-16(14-8-10-15(11-9-14)17(20)21)18-22-12-4-7-13-5-2-1-3-6-13/h1-3,5-6,8-11H,4,7,12H2,(H,18,19)(H,20,21). The van der Waals surface area contributed by atoms with Crippen molar-refractivity contribution in [3.8, 4) is 0 Å². The Labute approximate surface area is 128 Å². The summed E-state index contributed by atoms with van der Waals surface area (Å²) in [5.41, 5.74) is 4.07. The number of aryl methyl sites for hydroxylation is 1. The number of aromatic carboxylic acids is 1. The number of hydroxylamine groups is 1. The number of amides is 1. The summed E-state index contributed by atoms with van der Waals surface area (Å²) in [6, 6.07) is 15.7. The third-order valence-electron chi connectivity index (χ3n) is 3.11. The van der Waals surface area contributed by atoms with Crippen LogP contribution in [0.25, 0.3) is 0 Å². The maximum absolute atomic E-state index is 11.8. The van der Waals surface area contributed by atoms with E-state index < -0.39 is 11.9 Å². The largest absolute Gasteiger partial charge is 0.478 e. The predicted molar refractivity (Wildman–Crippen MR) is 81.6 cm³/mol. The summed E-state index contributed by atoms with van der Waals surface area (Å²) in [5, 5.41) is 8.78. The van der Waals surface area contributed by atoms with E-state index in [9.17, 15) is 9.59 Å². The van der Waals surface area contributed by atoms with Crippen molar-refractivity contribution in [2.45, 2.75) is 12.8 Å². The molecule has 22 heavy (non-hydrogen) atoms. The zero-order valence-electron chi connectivity index (χ0n) is 12.0. The Balaban J connectivity index is 1.70. The second kappa shape index (κ2) is 7.95. The van der Waals surface area contributed by atoms with E-state index in [0.717, 1.165) is 12.8 Å². The van der Waals surface area contributed by atoms with Crippen LogP contribution in [0.1, 0.15) is 32.7 Å². The van der Waals surface area contributed by atoms with Crippen LogP contribution in [-0.2, 0) is 11.3 Å². The fraction of sp³-hybridized carbons (Fsp3) is 0.176. The molecule has 114 valence electrons. The van der Waals surface area contributed by atoms with E-state index in [2.05, 4.69) is 5.48 Å². The van der Waals surface area contributed by atoms with Crippen LogP contribution < -0.4 is 5.48 Å². The van der Waals surface area contributed by atoms with Crippen LogP contribution in [0.5, 0.6) is 0 Å². The van der Waals surface area contributed by atoms with Gasteiger partial charge in [-0.3, -0.25) is 9.63 Å². The van der Waals surface area contributed by atoms with Crippen molar-refractivity contribution in [1.29, 1.82) is 0 Å². The Bertz CT molecular complexity index is 623. The highest BCUT2D eigenvalue weighted by Gasteiger charge is 2.07. The number of carboxylic acids is 1. The molecule has 0 heterocycles. The molecule has 0 radical (unpaired) electrons. The lowest BCUT2D eigenvalue weighted by atomic mass is 10.1. The van der Waals surface area contributed by atoms with E-state index in [-0.39, 0.29) is 5.56 Å². The summed E-state index contributed by atoms with van der Waals surface area (Å²) in [7, 11) is 0. The number of hydrogen-bond donors (Lipinski definition) is 2. The van der Waals surface area contributed by atoms with Crippen molar-refractivity contribution in [3.05, 3.63) is 71.3 Å². The normalized spacial score (nSPS) is 10.2. The van der Waals surface area contributed by atoms with Gasteiger partial charge in [0.2, 0.25) is 0 Å². The summed E-state index contributed by atoms with van der Waals surface area (Å²) in [6.07, 6.45) is 1.67. The minimum atomic E-state index is -1.02. The molecule has 2 aromatic rings. The van der Waals surface area contributed by atoms with Gasteiger partial charge in [-0.2, -0.15) is 0 Å². The second-order valence-electron chi connectivity index (χ2n) is 4.75. The maximum Gasteiger partial charge on any atom is 0.335 e. The van der Waals surface area contributed by atoms with Gasteiger partial charge in [0.05, 0.1) is 12.2 Å². The van der Waals surface area contributed by atoms with Gasteiger partial charge in [-0.05, 0) is 42.7 Å². The molecule has 2 N–H and O–H groups in total. The lowest BCUT2D eigenvalue weighted by molar-refractivity contribution is 0.0304. The first kappa shape index (κ1) is 15.7. The zero-order chi connectivity index (χ0) is 15.8. The molecule has 5 heteroatoms. The first-order valence-corrected chi connectivity index (χ1v) is 6.96. The smallest absolute Gasteiger partial charge is 0.335 e.